The highest BCUT2D eigenvalue weighted by atomic mass is 15.3. The maximum absolute atomic E-state index is 5.92. The van der Waals surface area contributed by atoms with Gasteiger partial charge in [-0.3, -0.25) is 4.68 Å². The molecule has 2 heteroatoms. The Morgan fingerprint density at radius 3 is 1.50 bits per heavy atom. The lowest BCUT2D eigenvalue weighted by Gasteiger charge is -2.11. The molecule has 68 valence electrons. The lowest BCUT2D eigenvalue weighted by molar-refractivity contribution is 0.707. The van der Waals surface area contributed by atoms with Crippen molar-refractivity contribution in [2.24, 2.45) is 0 Å². The number of rotatable bonds is 2. The Balaban J connectivity index is 3.04. The minimum Gasteiger partial charge on any atom is -0.339 e. The molecule has 0 saturated heterocycles. The van der Waals surface area contributed by atoms with Crippen LogP contribution in [0.2, 0.25) is 0 Å². The lowest BCUT2D eigenvalue weighted by Crippen LogP contribution is -2.16. The average molecular weight is 166 g/mol. The van der Waals surface area contributed by atoms with Crippen molar-refractivity contribution in [3.05, 3.63) is 23.5 Å². The second kappa shape index (κ2) is 3.21. The quantitative estimate of drug-likeness (QED) is 0.672. The summed E-state index contributed by atoms with van der Waals surface area (Å²) in [6.45, 7) is 8.62. The Labute approximate surface area is 74.4 Å². The van der Waals surface area contributed by atoms with E-state index in [-0.39, 0.29) is 0 Å². The summed E-state index contributed by atoms with van der Waals surface area (Å²) in [5.74, 6) is 6.93. The highest BCUT2D eigenvalue weighted by molar-refractivity contribution is 5.21. The molecule has 0 radical (unpaired) electrons. The number of nitrogens with zero attached hydrogens (tertiary/aromatic N) is 1. The first-order valence-electron chi connectivity index (χ1n) is 4.50. The van der Waals surface area contributed by atoms with Gasteiger partial charge in [-0.05, 0) is 24.0 Å². The van der Waals surface area contributed by atoms with Crippen molar-refractivity contribution in [2.75, 3.05) is 5.84 Å². The third-order valence-electron chi connectivity index (χ3n) is 2.16. The molecule has 0 unspecified atom stereocenters. The molecule has 0 aromatic carbocycles. The summed E-state index contributed by atoms with van der Waals surface area (Å²) >= 11 is 0. The molecule has 0 aliphatic carbocycles. The van der Waals surface area contributed by atoms with Crippen molar-refractivity contribution in [3.63, 3.8) is 0 Å². The predicted molar refractivity (Wildman–Crippen MR) is 52.8 cm³/mol. The van der Waals surface area contributed by atoms with Crippen LogP contribution >= 0.6 is 0 Å². The van der Waals surface area contributed by atoms with Gasteiger partial charge in [-0.1, -0.05) is 27.7 Å². The van der Waals surface area contributed by atoms with Gasteiger partial charge in [0.2, 0.25) is 0 Å². The zero-order valence-corrected chi connectivity index (χ0v) is 8.33. The molecule has 0 aliphatic heterocycles. The fourth-order valence-corrected chi connectivity index (χ4v) is 1.42. The summed E-state index contributed by atoms with van der Waals surface area (Å²) in [4.78, 5) is 0. The second-order valence-corrected chi connectivity index (χ2v) is 3.86. The fraction of sp³-hybridized carbons (Fsp3) is 0.600. The molecule has 1 rings (SSSR count). The van der Waals surface area contributed by atoms with E-state index in [1.54, 1.807) is 0 Å². The van der Waals surface area contributed by atoms with Crippen LogP contribution in [0.25, 0.3) is 0 Å². The first-order valence-corrected chi connectivity index (χ1v) is 4.50. The molecule has 1 heterocycles. The molecule has 2 N–H and O–H groups in total. The molecule has 0 atom stereocenters. The smallest absolute Gasteiger partial charge is 0.0420 e. The molecule has 12 heavy (non-hydrogen) atoms. The molecular weight excluding hydrogens is 148 g/mol. The van der Waals surface area contributed by atoms with E-state index in [9.17, 15) is 0 Å². The number of hydrogen-bond acceptors (Lipinski definition) is 1. The first-order chi connectivity index (χ1) is 5.54. The van der Waals surface area contributed by atoms with Crippen LogP contribution in [0, 0.1) is 0 Å². The molecule has 1 aromatic rings. The van der Waals surface area contributed by atoms with Crippen LogP contribution in [-0.4, -0.2) is 4.68 Å². The van der Waals surface area contributed by atoms with Crippen molar-refractivity contribution in [1.29, 1.82) is 0 Å². The molecule has 0 spiro atoms. The Bertz CT molecular complexity index is 233. The van der Waals surface area contributed by atoms with E-state index < -0.39 is 0 Å². The van der Waals surface area contributed by atoms with Gasteiger partial charge in [0.15, 0.2) is 0 Å². The Hall–Kier alpha value is -0.920. The SMILES string of the molecule is CC(C)c1ccc(C(C)C)n1N. The normalized spacial score (nSPS) is 11.5. The van der Waals surface area contributed by atoms with E-state index in [1.807, 2.05) is 4.68 Å². The van der Waals surface area contributed by atoms with Crippen molar-refractivity contribution in [3.8, 4) is 0 Å². The summed E-state index contributed by atoms with van der Waals surface area (Å²) < 4.78 is 1.81. The van der Waals surface area contributed by atoms with E-state index in [0.717, 1.165) is 0 Å². The number of aromatic nitrogens is 1. The van der Waals surface area contributed by atoms with Crippen molar-refractivity contribution >= 4 is 0 Å². The van der Waals surface area contributed by atoms with Crippen LogP contribution in [0.3, 0.4) is 0 Å². The molecule has 1 aromatic heterocycles. The van der Waals surface area contributed by atoms with Gasteiger partial charge in [-0.15, -0.1) is 0 Å². The van der Waals surface area contributed by atoms with E-state index >= 15 is 0 Å². The minimum atomic E-state index is 0.502. The summed E-state index contributed by atoms with van der Waals surface area (Å²) in [6.07, 6.45) is 0. The van der Waals surface area contributed by atoms with E-state index in [2.05, 4.69) is 39.8 Å². The van der Waals surface area contributed by atoms with Gasteiger partial charge in [0.1, 0.15) is 0 Å². The van der Waals surface area contributed by atoms with Crippen molar-refractivity contribution in [2.45, 2.75) is 39.5 Å². The summed E-state index contributed by atoms with van der Waals surface area (Å²) in [5, 5.41) is 0. The molecule has 0 bridgehead atoms. The van der Waals surface area contributed by atoms with Crippen LogP contribution in [-0.2, 0) is 0 Å². The van der Waals surface area contributed by atoms with Gasteiger partial charge in [-0.2, -0.15) is 0 Å². The maximum atomic E-state index is 5.92. The third kappa shape index (κ3) is 1.47. The molecule has 0 saturated carbocycles. The highest BCUT2D eigenvalue weighted by Gasteiger charge is 2.10. The van der Waals surface area contributed by atoms with Gasteiger partial charge in [0, 0.05) is 11.4 Å². The first kappa shape index (κ1) is 9.17. The zero-order valence-electron chi connectivity index (χ0n) is 8.33. The summed E-state index contributed by atoms with van der Waals surface area (Å²) in [5.41, 5.74) is 2.41. The van der Waals surface area contributed by atoms with Gasteiger partial charge in [-0.25, -0.2) is 0 Å². The van der Waals surface area contributed by atoms with Crippen LogP contribution < -0.4 is 5.84 Å². The Kier molecular flexibility index (Phi) is 2.46. The van der Waals surface area contributed by atoms with E-state index in [0.29, 0.717) is 11.8 Å². The van der Waals surface area contributed by atoms with Crippen molar-refractivity contribution in [1.82, 2.24) is 4.68 Å². The summed E-state index contributed by atoms with van der Waals surface area (Å²) in [6, 6.07) is 4.22. The van der Waals surface area contributed by atoms with Gasteiger partial charge >= 0.3 is 0 Å². The fourth-order valence-electron chi connectivity index (χ4n) is 1.42. The molecule has 0 amide bonds. The monoisotopic (exact) mass is 166 g/mol. The van der Waals surface area contributed by atoms with Crippen LogP contribution in [0.15, 0.2) is 12.1 Å². The average Bonchev–Trinajstić information content (AvgIpc) is 2.30. The Morgan fingerprint density at radius 2 is 1.33 bits per heavy atom. The van der Waals surface area contributed by atoms with Crippen LogP contribution in [0.4, 0.5) is 0 Å². The number of nitrogens with two attached hydrogens (primary N) is 1. The predicted octanol–water partition coefficient (Wildman–Crippen LogP) is 2.45. The maximum Gasteiger partial charge on any atom is 0.0420 e. The molecular formula is C10H18N2. The number of nitrogen functional groups attached to an aromatic ring is 1. The lowest BCUT2D eigenvalue weighted by atomic mass is 10.1. The topological polar surface area (TPSA) is 30.9 Å². The second-order valence-electron chi connectivity index (χ2n) is 3.86. The van der Waals surface area contributed by atoms with E-state index in [4.69, 9.17) is 5.84 Å². The highest BCUT2D eigenvalue weighted by Crippen LogP contribution is 2.20. The van der Waals surface area contributed by atoms with E-state index in [1.165, 1.54) is 11.4 Å². The van der Waals surface area contributed by atoms with Gasteiger partial charge < -0.3 is 5.84 Å². The minimum absolute atomic E-state index is 0.502. The standard InChI is InChI=1S/C10H18N2/c1-7(2)9-5-6-10(8(3)4)12(9)11/h5-8H,11H2,1-4H3. The van der Waals surface area contributed by atoms with Crippen LogP contribution in [0.1, 0.15) is 50.9 Å². The Morgan fingerprint density at radius 1 is 1.00 bits per heavy atom. The molecule has 0 aliphatic rings. The number of hydrogen-bond donors (Lipinski definition) is 1. The summed E-state index contributed by atoms with van der Waals surface area (Å²) in [7, 11) is 0. The molecule has 2 nitrogen and oxygen atoms in total. The molecule has 0 fully saturated rings. The van der Waals surface area contributed by atoms with Gasteiger partial charge in [0.25, 0.3) is 0 Å². The zero-order chi connectivity index (χ0) is 9.30. The van der Waals surface area contributed by atoms with Crippen molar-refractivity contribution < 1.29 is 0 Å². The largest absolute Gasteiger partial charge is 0.339 e. The van der Waals surface area contributed by atoms with Crippen LogP contribution in [0.5, 0.6) is 0 Å². The third-order valence-corrected chi connectivity index (χ3v) is 2.16. The van der Waals surface area contributed by atoms with Gasteiger partial charge in [0.05, 0.1) is 0 Å².